The van der Waals surface area contributed by atoms with Crippen molar-refractivity contribution in [2.75, 3.05) is 0 Å². The van der Waals surface area contributed by atoms with Crippen LogP contribution >= 0.6 is 20.8 Å². The van der Waals surface area contributed by atoms with Gasteiger partial charge >= 0.3 is 175 Å². The van der Waals surface area contributed by atoms with Gasteiger partial charge < -0.3 is 0 Å². The van der Waals surface area contributed by atoms with Crippen LogP contribution in [0, 0.1) is 0 Å². The summed E-state index contributed by atoms with van der Waals surface area (Å²) < 4.78 is 0. The molecular weight excluding hydrogens is 427 g/mol. The summed E-state index contributed by atoms with van der Waals surface area (Å²) in [6.45, 7) is 0. The Hall–Kier alpha value is -2.41. The van der Waals surface area contributed by atoms with E-state index in [2.05, 4.69) is 106 Å². The Morgan fingerprint density at radius 1 is 0.536 bits per heavy atom. The summed E-state index contributed by atoms with van der Waals surface area (Å²) >= 11 is 4.44. The van der Waals surface area contributed by atoms with Crippen LogP contribution in [-0.2, 0) is 6.16 Å². The fraction of sp³-hybridized carbons (Fsp3) is 0.0400. The zero-order chi connectivity index (χ0) is 19.5. The van der Waals surface area contributed by atoms with Gasteiger partial charge in [-0.15, -0.1) is 0 Å². The number of rotatable bonds is 5. The SMILES string of the molecule is Oc1ccc(CP(Br)(c2ccccc2)(c2ccccc2)c2ccccc2)cc1. The second-order valence-corrected chi connectivity index (χ2v) is 15.9. The van der Waals surface area contributed by atoms with Gasteiger partial charge in [0.05, 0.1) is 0 Å². The molecule has 1 nitrogen and oxygen atoms in total. The van der Waals surface area contributed by atoms with Gasteiger partial charge in [-0.25, -0.2) is 0 Å². The second kappa shape index (κ2) is 7.54. The predicted molar refractivity (Wildman–Crippen MR) is 126 cm³/mol. The number of phenolic OH excluding ortho intramolecular Hbond substituents is 1. The quantitative estimate of drug-likeness (QED) is 0.386. The van der Waals surface area contributed by atoms with Gasteiger partial charge in [0.25, 0.3) is 0 Å². The van der Waals surface area contributed by atoms with Crippen LogP contribution in [0.2, 0.25) is 0 Å². The van der Waals surface area contributed by atoms with Crippen LogP contribution in [0.3, 0.4) is 0 Å². The Balaban J connectivity index is 2.07. The first kappa shape index (κ1) is 18.9. The van der Waals surface area contributed by atoms with E-state index in [0.717, 1.165) is 6.16 Å². The minimum atomic E-state index is -2.97. The normalized spacial score (nSPS) is 12.8. The summed E-state index contributed by atoms with van der Waals surface area (Å²) in [5, 5.41) is 10.7. The average molecular weight is 449 g/mol. The van der Waals surface area contributed by atoms with E-state index in [1.165, 1.54) is 21.5 Å². The fourth-order valence-electron chi connectivity index (χ4n) is 3.88. The Bertz CT molecular complexity index is 949. The third-order valence-electron chi connectivity index (χ3n) is 5.30. The summed E-state index contributed by atoms with van der Waals surface area (Å²) in [5.41, 5.74) is 1.18. The van der Waals surface area contributed by atoms with Crippen molar-refractivity contribution in [1.82, 2.24) is 0 Å². The molecular formula is C25H22BrOP. The topological polar surface area (TPSA) is 20.2 Å². The molecule has 140 valence electrons. The summed E-state index contributed by atoms with van der Waals surface area (Å²) in [6.07, 6.45) is 0.823. The zero-order valence-corrected chi connectivity index (χ0v) is 17.9. The second-order valence-electron chi connectivity index (χ2n) is 7.01. The maximum atomic E-state index is 9.77. The molecule has 0 fully saturated rings. The van der Waals surface area contributed by atoms with Crippen LogP contribution in [0.5, 0.6) is 5.75 Å². The molecule has 0 unspecified atom stereocenters. The summed E-state index contributed by atoms with van der Waals surface area (Å²) in [4.78, 5) is 0. The van der Waals surface area contributed by atoms with E-state index in [9.17, 15) is 5.11 Å². The molecule has 28 heavy (non-hydrogen) atoms. The Kier molecular flexibility index (Phi) is 5.10. The molecule has 0 spiro atoms. The first-order valence-corrected chi connectivity index (χ1v) is 13.7. The molecule has 0 aliphatic heterocycles. The number of hydrogen-bond acceptors (Lipinski definition) is 1. The number of aromatic hydroxyl groups is 1. The Morgan fingerprint density at radius 3 is 1.25 bits per heavy atom. The van der Waals surface area contributed by atoms with Gasteiger partial charge in [-0.3, -0.25) is 0 Å². The van der Waals surface area contributed by atoms with Gasteiger partial charge in [0.15, 0.2) is 0 Å². The van der Waals surface area contributed by atoms with Crippen LogP contribution in [0.15, 0.2) is 115 Å². The van der Waals surface area contributed by atoms with Crippen molar-refractivity contribution in [2.45, 2.75) is 6.16 Å². The third-order valence-corrected chi connectivity index (χ3v) is 14.8. The summed E-state index contributed by atoms with van der Waals surface area (Å²) in [6, 6.07) is 39.8. The standard InChI is InChI=1S/C25H22BrOP/c26-28(23-10-4-1-5-11-23,24-12-6-2-7-13-24,25-14-8-3-9-15-25)20-21-16-18-22(27)19-17-21/h1-19,27H,20H2. The predicted octanol–water partition coefficient (Wildman–Crippen LogP) is 5.73. The van der Waals surface area contributed by atoms with Crippen molar-refractivity contribution in [3.63, 3.8) is 0 Å². The van der Waals surface area contributed by atoms with Crippen LogP contribution in [0.4, 0.5) is 0 Å². The van der Waals surface area contributed by atoms with E-state index < -0.39 is 5.31 Å². The monoisotopic (exact) mass is 448 g/mol. The van der Waals surface area contributed by atoms with E-state index >= 15 is 0 Å². The summed E-state index contributed by atoms with van der Waals surface area (Å²) in [5.74, 6) is 0.290. The molecule has 3 heteroatoms. The molecule has 0 saturated heterocycles. The van der Waals surface area contributed by atoms with Gasteiger partial charge in [0.2, 0.25) is 0 Å². The average Bonchev–Trinajstić information content (AvgIpc) is 2.77. The van der Waals surface area contributed by atoms with Crippen molar-refractivity contribution in [3.05, 3.63) is 121 Å². The van der Waals surface area contributed by atoms with Crippen LogP contribution in [0.1, 0.15) is 5.56 Å². The summed E-state index contributed by atoms with van der Waals surface area (Å²) in [7, 11) is 0. The maximum absolute atomic E-state index is 9.77. The van der Waals surface area contributed by atoms with Gasteiger partial charge in [0, 0.05) is 0 Å². The molecule has 0 heterocycles. The van der Waals surface area contributed by atoms with Gasteiger partial charge in [-0.1, -0.05) is 0 Å². The van der Waals surface area contributed by atoms with Crippen molar-refractivity contribution in [3.8, 4) is 5.75 Å². The molecule has 0 aromatic heterocycles. The molecule has 0 amide bonds. The van der Waals surface area contributed by atoms with Crippen LogP contribution in [0.25, 0.3) is 0 Å². The van der Waals surface area contributed by atoms with E-state index in [4.69, 9.17) is 0 Å². The minimum absolute atomic E-state index is 0.290. The van der Waals surface area contributed by atoms with Gasteiger partial charge in [0.1, 0.15) is 0 Å². The molecule has 0 aliphatic carbocycles. The van der Waals surface area contributed by atoms with Crippen molar-refractivity contribution in [1.29, 1.82) is 0 Å². The number of phenols is 1. The van der Waals surface area contributed by atoms with Crippen molar-refractivity contribution in [2.24, 2.45) is 0 Å². The molecule has 0 atom stereocenters. The van der Waals surface area contributed by atoms with E-state index in [0.29, 0.717) is 0 Å². The number of benzene rings is 4. The third kappa shape index (κ3) is 3.17. The first-order valence-electron chi connectivity index (χ1n) is 9.29. The molecule has 4 rings (SSSR count). The van der Waals surface area contributed by atoms with Crippen molar-refractivity contribution >= 4 is 36.7 Å². The van der Waals surface area contributed by atoms with Gasteiger partial charge in [-0.05, 0) is 0 Å². The van der Waals surface area contributed by atoms with Gasteiger partial charge in [-0.2, -0.15) is 0 Å². The molecule has 0 radical (unpaired) electrons. The molecule has 0 saturated carbocycles. The zero-order valence-electron chi connectivity index (χ0n) is 15.4. The molecule has 0 aliphatic rings. The van der Waals surface area contributed by atoms with E-state index in [1.807, 2.05) is 12.1 Å². The first-order chi connectivity index (χ1) is 13.6. The van der Waals surface area contributed by atoms with Crippen LogP contribution < -0.4 is 15.9 Å². The molecule has 4 aromatic rings. The van der Waals surface area contributed by atoms with E-state index in [-0.39, 0.29) is 5.75 Å². The van der Waals surface area contributed by atoms with Crippen LogP contribution in [-0.4, -0.2) is 5.11 Å². The molecule has 1 N–H and O–H groups in total. The molecule has 0 bridgehead atoms. The molecule has 4 aromatic carbocycles. The number of halogens is 1. The Labute approximate surface area is 174 Å². The van der Waals surface area contributed by atoms with E-state index in [1.54, 1.807) is 12.1 Å². The Morgan fingerprint density at radius 2 is 0.893 bits per heavy atom. The van der Waals surface area contributed by atoms with Crippen molar-refractivity contribution < 1.29 is 5.11 Å². The fourth-order valence-corrected chi connectivity index (χ4v) is 11.6. The number of hydrogen-bond donors (Lipinski definition) is 1.